The Balaban J connectivity index is 0. The second kappa shape index (κ2) is 21.5. The lowest BCUT2D eigenvalue weighted by atomic mass is 9.96. The van der Waals surface area contributed by atoms with Gasteiger partial charge in [-0.05, 0) is 88.5 Å². The van der Waals surface area contributed by atoms with Crippen molar-refractivity contribution in [2.75, 3.05) is 71.9 Å². The van der Waals surface area contributed by atoms with E-state index in [0.29, 0.717) is 6.73 Å². The molecule has 14 heteroatoms. The summed E-state index contributed by atoms with van der Waals surface area (Å²) in [6, 6.07) is 0. The van der Waals surface area contributed by atoms with Gasteiger partial charge in [0.25, 0.3) is 0 Å². The summed E-state index contributed by atoms with van der Waals surface area (Å²) in [6.45, 7) is 38.3. The maximum Gasteiger partial charge on any atom is 0.373 e. The molecular formula is C32H68N4O8P2. The van der Waals surface area contributed by atoms with Crippen LogP contribution in [0.2, 0.25) is 0 Å². The Kier molecular flexibility index (Phi) is 22.2. The molecule has 12 nitrogen and oxygen atoms in total. The highest BCUT2D eigenvalue weighted by Gasteiger charge is 2.37. The highest BCUT2D eigenvalue weighted by Crippen LogP contribution is 2.54. The van der Waals surface area contributed by atoms with E-state index in [0.717, 1.165) is 58.9 Å². The molecule has 0 aromatic rings. The van der Waals surface area contributed by atoms with Gasteiger partial charge in [0, 0.05) is 58.9 Å². The molecule has 0 aromatic heterocycles. The Morgan fingerprint density at radius 1 is 0.652 bits per heavy atom. The normalized spacial score (nSPS) is 17.9. The number of ether oxygens (including phenoxy) is 1. The van der Waals surface area contributed by atoms with E-state index in [2.05, 4.69) is 82.3 Å². The van der Waals surface area contributed by atoms with Gasteiger partial charge in [0.15, 0.2) is 0 Å². The first-order chi connectivity index (χ1) is 20.6. The molecule has 0 atom stereocenters. The van der Waals surface area contributed by atoms with Crippen LogP contribution in [0, 0.1) is 5.41 Å². The minimum Gasteiger partial charge on any atom is -0.370 e. The van der Waals surface area contributed by atoms with Crippen molar-refractivity contribution in [1.82, 2.24) is 20.0 Å². The van der Waals surface area contributed by atoms with Gasteiger partial charge in [-0.25, -0.2) is 4.57 Å². The third-order valence-corrected chi connectivity index (χ3v) is 8.10. The van der Waals surface area contributed by atoms with Gasteiger partial charge in [0.2, 0.25) is 0 Å². The molecule has 0 amide bonds. The summed E-state index contributed by atoms with van der Waals surface area (Å²) in [5.74, 6) is 0. The van der Waals surface area contributed by atoms with Crippen LogP contribution < -0.4 is 5.32 Å². The van der Waals surface area contributed by atoms with Crippen molar-refractivity contribution in [2.24, 2.45) is 5.41 Å². The summed E-state index contributed by atoms with van der Waals surface area (Å²) in [4.78, 5) is 23.1. The number of carbonyl (C=O) groups excluding carboxylic acids is 2. The standard InChI is InChI=1S/C23H50N4O5P2.C8H18O.CO2/c1-21(2,3)18-25-14-16-26(19-30-33-28)12-10-24-11-13-27(17-15-25)20-34(29,31-22(4,5)6)32-23(7,8)9;1-7(2,3)9-8(4,5)6;2-1-3/h24H,10-20H2,1-9H3;1-6H3;. The average molecular weight is 699 g/mol. The van der Waals surface area contributed by atoms with Crippen LogP contribution in [0.5, 0.6) is 0 Å². The molecule has 1 saturated heterocycles. The minimum atomic E-state index is -3.37. The summed E-state index contributed by atoms with van der Waals surface area (Å²) in [5, 5.41) is 3.47. The second-order valence-corrected chi connectivity index (χ2v) is 19.0. The molecule has 0 aromatic carbocycles. The fraction of sp³-hybridized carbons (Fsp3) is 0.969. The zero-order chi connectivity index (χ0) is 36.5. The fourth-order valence-corrected chi connectivity index (χ4v) is 7.58. The van der Waals surface area contributed by atoms with E-state index in [1.807, 2.05) is 41.5 Å². The summed E-state index contributed by atoms with van der Waals surface area (Å²) in [5.41, 5.74) is -1.02. The predicted octanol–water partition coefficient (Wildman–Crippen LogP) is 6.52. The molecule has 1 heterocycles. The van der Waals surface area contributed by atoms with Crippen LogP contribution in [0.1, 0.15) is 104 Å². The van der Waals surface area contributed by atoms with E-state index in [1.54, 1.807) is 0 Å². The van der Waals surface area contributed by atoms with E-state index in [9.17, 15) is 9.13 Å². The topological polar surface area (TPSA) is 127 Å². The number of rotatable bonds is 8. The Morgan fingerprint density at radius 2 is 1.04 bits per heavy atom. The maximum atomic E-state index is 13.9. The Labute approximate surface area is 282 Å². The highest BCUT2D eigenvalue weighted by atomic mass is 31.2. The number of nitrogens with zero attached hydrogens (tertiary/aromatic N) is 3. The molecule has 1 rings (SSSR count). The first-order valence-corrected chi connectivity index (χ1v) is 18.6. The monoisotopic (exact) mass is 698 g/mol. The van der Waals surface area contributed by atoms with E-state index < -0.39 is 18.8 Å². The van der Waals surface area contributed by atoms with Crippen LogP contribution in [-0.2, 0) is 37.0 Å². The smallest absolute Gasteiger partial charge is 0.370 e. The molecule has 1 N–H and O–H groups in total. The Bertz CT molecular complexity index is 882. The molecule has 0 unspecified atom stereocenters. The largest absolute Gasteiger partial charge is 0.373 e. The summed E-state index contributed by atoms with van der Waals surface area (Å²) in [6.07, 6.45) is 0.509. The van der Waals surface area contributed by atoms with Crippen LogP contribution in [0.4, 0.5) is 0 Å². The molecular weight excluding hydrogens is 630 g/mol. The highest BCUT2D eigenvalue weighted by molar-refractivity contribution is 7.53. The molecule has 0 aliphatic carbocycles. The third kappa shape index (κ3) is 32.0. The van der Waals surface area contributed by atoms with Crippen LogP contribution in [0.15, 0.2) is 0 Å². The van der Waals surface area contributed by atoms with Crippen molar-refractivity contribution in [3.8, 4) is 0 Å². The van der Waals surface area contributed by atoms with Gasteiger partial charge in [0.1, 0.15) is 13.0 Å². The summed E-state index contributed by atoms with van der Waals surface area (Å²) in [7, 11) is -3.66. The maximum absolute atomic E-state index is 13.9. The van der Waals surface area contributed by atoms with E-state index in [1.165, 1.54) is 0 Å². The number of nitrogens with one attached hydrogen (secondary N) is 1. The molecule has 274 valence electrons. The van der Waals surface area contributed by atoms with Crippen molar-refractivity contribution in [2.45, 2.75) is 126 Å². The first-order valence-electron chi connectivity index (χ1n) is 16.1. The number of hydrogen-bond donors (Lipinski definition) is 1. The molecule has 0 spiro atoms. The fourth-order valence-electron chi connectivity index (χ4n) is 4.78. The molecule has 0 saturated carbocycles. The lowest BCUT2D eigenvalue weighted by Gasteiger charge is -2.37. The Morgan fingerprint density at radius 3 is 1.39 bits per heavy atom. The van der Waals surface area contributed by atoms with Crippen molar-refractivity contribution >= 4 is 22.4 Å². The van der Waals surface area contributed by atoms with E-state index in [4.69, 9.17) is 27.9 Å². The van der Waals surface area contributed by atoms with Gasteiger partial charge in [-0.3, -0.25) is 18.9 Å². The van der Waals surface area contributed by atoms with E-state index >= 15 is 0 Å². The molecule has 1 aliphatic heterocycles. The van der Waals surface area contributed by atoms with Gasteiger partial charge in [-0.1, -0.05) is 20.8 Å². The summed E-state index contributed by atoms with van der Waals surface area (Å²) >= 11 is 0. The van der Waals surface area contributed by atoms with Crippen LogP contribution >= 0.6 is 16.3 Å². The SMILES string of the molecule is CC(C)(C)CN1CCN(COP=O)CCNCCN(CP(=O)(OC(C)(C)C)OC(C)(C)C)CC1.CC(C)(C)OC(C)(C)C.O=C=O. The zero-order valence-electron chi connectivity index (χ0n) is 31.8. The van der Waals surface area contributed by atoms with Crippen LogP contribution in [-0.4, -0.2) is 115 Å². The molecule has 1 fully saturated rings. The van der Waals surface area contributed by atoms with Crippen LogP contribution in [0.25, 0.3) is 0 Å². The van der Waals surface area contributed by atoms with E-state index in [-0.39, 0.29) is 37.7 Å². The van der Waals surface area contributed by atoms with Crippen molar-refractivity contribution in [3.05, 3.63) is 0 Å². The zero-order valence-corrected chi connectivity index (χ0v) is 33.6. The molecule has 0 bridgehead atoms. The first kappa shape index (κ1) is 47.5. The lowest BCUT2D eigenvalue weighted by Crippen LogP contribution is -2.47. The second-order valence-electron chi connectivity index (χ2n) is 16.7. The van der Waals surface area contributed by atoms with Gasteiger partial charge in [-0.2, -0.15) is 9.59 Å². The molecule has 46 heavy (non-hydrogen) atoms. The third-order valence-electron chi connectivity index (χ3n) is 5.48. The minimum absolute atomic E-state index is 0.0156. The van der Waals surface area contributed by atoms with Gasteiger partial charge in [-0.15, -0.1) is 0 Å². The quantitative estimate of drug-likeness (QED) is 0.277. The van der Waals surface area contributed by atoms with Crippen molar-refractivity contribution < 1.29 is 37.0 Å². The average Bonchev–Trinajstić information content (AvgIpc) is 2.77. The van der Waals surface area contributed by atoms with Crippen LogP contribution in [0.3, 0.4) is 0 Å². The molecule has 0 radical (unpaired) electrons. The van der Waals surface area contributed by atoms with Gasteiger partial charge >= 0.3 is 22.4 Å². The lowest BCUT2D eigenvalue weighted by molar-refractivity contribution is -0.191. The van der Waals surface area contributed by atoms with Crippen molar-refractivity contribution in [1.29, 1.82) is 0 Å². The predicted molar refractivity (Wildman–Crippen MR) is 185 cm³/mol. The number of hydrogen-bond acceptors (Lipinski definition) is 12. The summed E-state index contributed by atoms with van der Waals surface area (Å²) < 4.78 is 47.5. The van der Waals surface area contributed by atoms with Crippen molar-refractivity contribution in [3.63, 3.8) is 0 Å². The molecule has 1 aliphatic rings. The Hall–Kier alpha value is -0.610. The van der Waals surface area contributed by atoms with Gasteiger partial charge in [0.05, 0.1) is 22.4 Å². The van der Waals surface area contributed by atoms with Gasteiger partial charge < -0.3 is 24.0 Å².